The average Bonchev–Trinajstić information content (AvgIpc) is 2.33. The van der Waals surface area contributed by atoms with Gasteiger partial charge < -0.3 is 5.32 Å². The van der Waals surface area contributed by atoms with E-state index in [0.29, 0.717) is 6.04 Å². The Morgan fingerprint density at radius 2 is 2.12 bits per heavy atom. The van der Waals surface area contributed by atoms with E-state index in [4.69, 9.17) is 0 Å². The Labute approximate surface area is 101 Å². The molecule has 2 rings (SSSR count). The van der Waals surface area contributed by atoms with Crippen LogP contribution in [0.1, 0.15) is 18.5 Å². The fourth-order valence-corrected chi connectivity index (χ4v) is 2.33. The Morgan fingerprint density at radius 1 is 1.41 bits per heavy atom. The Morgan fingerprint density at radius 3 is 2.71 bits per heavy atom. The highest BCUT2D eigenvalue weighted by Crippen LogP contribution is 2.22. The van der Waals surface area contributed by atoms with Crippen molar-refractivity contribution in [2.24, 2.45) is 0 Å². The third kappa shape index (κ3) is 3.01. The van der Waals surface area contributed by atoms with Gasteiger partial charge in [-0.1, -0.05) is 12.1 Å². The number of piperazine rings is 1. The summed E-state index contributed by atoms with van der Waals surface area (Å²) in [4.78, 5) is 2.12. The Kier molecular flexibility index (Phi) is 4.07. The lowest BCUT2D eigenvalue weighted by Crippen LogP contribution is -2.50. The van der Waals surface area contributed by atoms with Crippen LogP contribution < -0.4 is 5.32 Å². The number of hydrogen-bond donors (Lipinski definition) is 1. The molecule has 2 atom stereocenters. The van der Waals surface area contributed by atoms with Gasteiger partial charge in [-0.25, -0.2) is 8.78 Å². The maximum absolute atomic E-state index is 13.2. The maximum Gasteiger partial charge on any atom is 0.123 e. The van der Waals surface area contributed by atoms with Crippen molar-refractivity contribution in [2.45, 2.75) is 19.0 Å². The van der Waals surface area contributed by atoms with Crippen LogP contribution in [0.3, 0.4) is 0 Å². The van der Waals surface area contributed by atoms with Crippen LogP contribution >= 0.6 is 0 Å². The van der Waals surface area contributed by atoms with E-state index in [0.717, 1.165) is 25.2 Å². The quantitative estimate of drug-likeness (QED) is 0.870. The molecule has 0 amide bonds. The fourth-order valence-electron chi connectivity index (χ4n) is 2.33. The molecule has 0 saturated carbocycles. The normalized spacial score (nSPS) is 23.6. The summed E-state index contributed by atoms with van der Waals surface area (Å²) in [5, 5.41) is 3.33. The van der Waals surface area contributed by atoms with E-state index < -0.39 is 6.67 Å². The number of alkyl halides is 1. The highest BCUT2D eigenvalue weighted by Gasteiger charge is 2.24. The van der Waals surface area contributed by atoms with Gasteiger partial charge >= 0.3 is 0 Å². The molecular weight excluding hydrogens is 222 g/mol. The molecule has 2 nitrogen and oxygen atoms in total. The molecule has 17 heavy (non-hydrogen) atoms. The van der Waals surface area contributed by atoms with Crippen molar-refractivity contribution in [1.82, 2.24) is 10.2 Å². The predicted octanol–water partition coefficient (Wildman–Crippen LogP) is 2.13. The van der Waals surface area contributed by atoms with Gasteiger partial charge in [-0.2, -0.15) is 0 Å². The van der Waals surface area contributed by atoms with Crippen LogP contribution in [0.4, 0.5) is 8.78 Å². The van der Waals surface area contributed by atoms with Crippen molar-refractivity contribution >= 4 is 0 Å². The van der Waals surface area contributed by atoms with Crippen LogP contribution in [0.5, 0.6) is 0 Å². The molecule has 1 aliphatic heterocycles. The lowest BCUT2D eigenvalue weighted by Gasteiger charge is -2.36. The topological polar surface area (TPSA) is 15.3 Å². The van der Waals surface area contributed by atoms with Crippen molar-refractivity contribution in [3.8, 4) is 0 Å². The molecule has 1 aliphatic rings. The molecule has 4 heteroatoms. The number of nitrogens with zero attached hydrogens (tertiary/aromatic N) is 1. The van der Waals surface area contributed by atoms with Gasteiger partial charge in [0.1, 0.15) is 12.5 Å². The molecule has 0 spiro atoms. The summed E-state index contributed by atoms with van der Waals surface area (Å²) < 4.78 is 26.0. The summed E-state index contributed by atoms with van der Waals surface area (Å²) in [5.74, 6) is -0.278. The summed E-state index contributed by atoms with van der Waals surface area (Å²) in [6.07, 6.45) is 0. The molecule has 94 valence electrons. The van der Waals surface area contributed by atoms with Gasteiger partial charge in [-0.3, -0.25) is 4.90 Å². The summed E-state index contributed by atoms with van der Waals surface area (Å²) in [6, 6.07) is 6.25. The fraction of sp³-hybridized carbons (Fsp3) is 0.538. The molecule has 1 aromatic rings. The molecule has 0 aliphatic carbocycles. The minimum atomic E-state index is -0.432. The molecule has 1 heterocycles. The van der Waals surface area contributed by atoms with E-state index in [1.165, 1.54) is 12.1 Å². The van der Waals surface area contributed by atoms with E-state index in [9.17, 15) is 8.78 Å². The van der Waals surface area contributed by atoms with Crippen molar-refractivity contribution < 1.29 is 8.78 Å². The van der Waals surface area contributed by atoms with Crippen LogP contribution in [0, 0.1) is 5.82 Å². The third-order valence-electron chi connectivity index (χ3n) is 3.24. The largest absolute Gasteiger partial charge is 0.312 e. The van der Waals surface area contributed by atoms with E-state index in [1.807, 2.05) is 0 Å². The lowest BCUT2D eigenvalue weighted by atomic mass is 10.0. The zero-order chi connectivity index (χ0) is 12.3. The van der Waals surface area contributed by atoms with E-state index in [-0.39, 0.29) is 11.9 Å². The van der Waals surface area contributed by atoms with Crippen LogP contribution in [0.25, 0.3) is 0 Å². The number of hydrogen-bond acceptors (Lipinski definition) is 2. The minimum Gasteiger partial charge on any atom is -0.312 e. The zero-order valence-corrected chi connectivity index (χ0v) is 10.00. The molecule has 0 radical (unpaired) electrons. The zero-order valence-electron chi connectivity index (χ0n) is 10.00. The summed E-state index contributed by atoms with van der Waals surface area (Å²) >= 11 is 0. The van der Waals surface area contributed by atoms with Gasteiger partial charge in [0.05, 0.1) is 6.04 Å². The van der Waals surface area contributed by atoms with Crippen molar-refractivity contribution in [3.63, 3.8) is 0 Å². The molecule has 0 bridgehead atoms. The first-order valence-electron chi connectivity index (χ1n) is 5.99. The smallest absolute Gasteiger partial charge is 0.123 e. The van der Waals surface area contributed by atoms with Gasteiger partial charge in [-0.15, -0.1) is 0 Å². The SMILES string of the molecule is C[C@@H]1CN([C@H](CF)c2ccc(F)cc2)CCN1. The Bertz CT molecular complexity index is 353. The van der Waals surface area contributed by atoms with Crippen LogP contribution in [-0.2, 0) is 0 Å². The first-order valence-corrected chi connectivity index (χ1v) is 5.99. The molecule has 1 saturated heterocycles. The maximum atomic E-state index is 13.2. The second-order valence-electron chi connectivity index (χ2n) is 4.57. The minimum absolute atomic E-state index is 0.250. The molecule has 1 fully saturated rings. The second kappa shape index (κ2) is 5.56. The van der Waals surface area contributed by atoms with Crippen LogP contribution in [0.15, 0.2) is 24.3 Å². The molecule has 1 N–H and O–H groups in total. The Hall–Kier alpha value is -1.00. The Balaban J connectivity index is 2.12. The van der Waals surface area contributed by atoms with E-state index >= 15 is 0 Å². The monoisotopic (exact) mass is 240 g/mol. The van der Waals surface area contributed by atoms with Gasteiger partial charge in [0.2, 0.25) is 0 Å². The summed E-state index contributed by atoms with van der Waals surface area (Å²) in [5.41, 5.74) is 0.850. The van der Waals surface area contributed by atoms with Gasteiger partial charge in [0, 0.05) is 25.7 Å². The molecule has 0 aromatic heterocycles. The highest BCUT2D eigenvalue weighted by atomic mass is 19.1. The molecule has 0 unspecified atom stereocenters. The molecule has 1 aromatic carbocycles. The van der Waals surface area contributed by atoms with Crippen molar-refractivity contribution in [2.75, 3.05) is 26.3 Å². The van der Waals surface area contributed by atoms with Crippen LogP contribution in [0.2, 0.25) is 0 Å². The highest BCUT2D eigenvalue weighted by molar-refractivity contribution is 5.20. The number of benzene rings is 1. The van der Waals surface area contributed by atoms with E-state index in [1.54, 1.807) is 12.1 Å². The first kappa shape index (κ1) is 12.5. The van der Waals surface area contributed by atoms with Crippen molar-refractivity contribution in [3.05, 3.63) is 35.6 Å². The number of nitrogens with one attached hydrogen (secondary N) is 1. The van der Waals surface area contributed by atoms with Crippen LogP contribution in [-0.4, -0.2) is 37.3 Å². The standard InChI is InChI=1S/C13H18F2N2/c1-10-9-17(7-6-16-10)13(8-14)11-2-4-12(15)5-3-11/h2-5,10,13,16H,6-9H2,1H3/t10-,13-/m1/s1. The third-order valence-corrected chi connectivity index (χ3v) is 3.24. The molecular formula is C13H18F2N2. The van der Waals surface area contributed by atoms with Gasteiger partial charge in [-0.05, 0) is 24.6 Å². The summed E-state index contributed by atoms with van der Waals surface area (Å²) in [6.45, 7) is 4.19. The first-order chi connectivity index (χ1) is 8.20. The number of halogens is 2. The summed E-state index contributed by atoms with van der Waals surface area (Å²) in [7, 11) is 0. The van der Waals surface area contributed by atoms with Gasteiger partial charge in [0.25, 0.3) is 0 Å². The predicted molar refractivity (Wildman–Crippen MR) is 64.2 cm³/mol. The van der Waals surface area contributed by atoms with E-state index in [2.05, 4.69) is 17.1 Å². The van der Waals surface area contributed by atoms with Crippen molar-refractivity contribution in [1.29, 1.82) is 0 Å². The number of rotatable bonds is 3. The lowest BCUT2D eigenvalue weighted by molar-refractivity contribution is 0.127. The average molecular weight is 240 g/mol. The van der Waals surface area contributed by atoms with Gasteiger partial charge in [0.15, 0.2) is 0 Å². The second-order valence-corrected chi connectivity index (χ2v) is 4.57.